The molecule has 2 bridgehead atoms. The van der Waals surface area contributed by atoms with Crippen LogP contribution in [0.15, 0.2) is 29.2 Å². The Balaban J connectivity index is 1.26. The molecule has 6 atom stereocenters. The van der Waals surface area contributed by atoms with Crippen LogP contribution in [0.2, 0.25) is 0 Å². The van der Waals surface area contributed by atoms with E-state index in [0.29, 0.717) is 17.5 Å². The van der Waals surface area contributed by atoms with Gasteiger partial charge >= 0.3 is 17.9 Å². The molecule has 0 aromatic heterocycles. The van der Waals surface area contributed by atoms with Crippen molar-refractivity contribution in [3.05, 3.63) is 49.7 Å². The molecule has 6 unspecified atom stereocenters. The molecule has 1 heterocycles. The fourth-order valence-corrected chi connectivity index (χ4v) is 11.1. The maximum Gasteiger partial charge on any atom is 0.339 e. The smallest absolute Gasteiger partial charge is 0.339 e. The first-order chi connectivity index (χ1) is 19.9. The van der Waals surface area contributed by atoms with Crippen molar-refractivity contribution in [3.63, 3.8) is 0 Å². The number of esters is 3. The van der Waals surface area contributed by atoms with Crippen molar-refractivity contribution in [1.29, 1.82) is 0 Å². The molecule has 4 fully saturated rings. The fraction of sp³-hybridized carbons (Fsp3) is 0.464. The van der Waals surface area contributed by atoms with E-state index < -0.39 is 58.0 Å². The molecule has 2 aromatic rings. The number of hydrogen-bond donors (Lipinski definition) is 0. The highest BCUT2D eigenvalue weighted by Gasteiger charge is 2.70. The zero-order valence-electron chi connectivity index (χ0n) is 21.7. The number of fused-ring (bicyclic) bond motifs is 1. The van der Waals surface area contributed by atoms with Crippen LogP contribution in [0, 0.1) is 38.0 Å². The second-order valence-corrected chi connectivity index (χ2v) is 16.9. The monoisotopic (exact) mass is 1040 g/mol. The summed E-state index contributed by atoms with van der Waals surface area (Å²) < 4.78 is 57.0. The van der Waals surface area contributed by atoms with Gasteiger partial charge in [0, 0.05) is 26.1 Å². The van der Waals surface area contributed by atoms with E-state index in [9.17, 15) is 27.4 Å². The van der Waals surface area contributed by atoms with Crippen molar-refractivity contribution in [3.8, 4) is 5.75 Å². The predicted octanol–water partition coefficient (Wildman–Crippen LogP) is 6.00. The van der Waals surface area contributed by atoms with Crippen LogP contribution < -0.4 is 4.74 Å². The lowest BCUT2D eigenvalue weighted by Crippen LogP contribution is -2.44. The molecule has 14 heteroatoms. The number of rotatable bonds is 6. The topological polar surface area (TPSA) is 136 Å². The van der Waals surface area contributed by atoms with Crippen LogP contribution in [0.5, 0.6) is 5.75 Å². The third-order valence-electron chi connectivity index (χ3n) is 8.90. The third-order valence-corrected chi connectivity index (χ3v) is 17.1. The van der Waals surface area contributed by atoms with Gasteiger partial charge in [0.1, 0.15) is 28.1 Å². The lowest BCUT2D eigenvalue weighted by Gasteiger charge is -2.30. The van der Waals surface area contributed by atoms with Gasteiger partial charge in [0.25, 0.3) is 0 Å². The summed E-state index contributed by atoms with van der Waals surface area (Å²) in [5, 5.41) is 0. The summed E-state index contributed by atoms with van der Waals surface area (Å²) in [5.74, 6) is -4.01. The first kappa shape index (κ1) is 31.7. The zero-order valence-corrected chi connectivity index (χ0v) is 31.1. The highest BCUT2D eigenvalue weighted by molar-refractivity contribution is 14.1. The zero-order chi connectivity index (χ0) is 30.1. The van der Waals surface area contributed by atoms with Crippen LogP contribution >= 0.6 is 90.4 Å². The highest BCUT2D eigenvalue weighted by atomic mass is 127. The Morgan fingerprint density at radius 1 is 0.952 bits per heavy atom. The van der Waals surface area contributed by atoms with Crippen molar-refractivity contribution in [1.82, 2.24) is 0 Å². The van der Waals surface area contributed by atoms with Crippen molar-refractivity contribution >= 4 is 118 Å². The molecule has 3 aliphatic carbocycles. The summed E-state index contributed by atoms with van der Waals surface area (Å²) in [6.07, 6.45) is 3.45. The minimum absolute atomic E-state index is 0.116. The normalized spacial score (nSPS) is 28.5. The molecule has 0 spiro atoms. The quantitative estimate of drug-likeness (QED) is 0.0854. The number of carbonyl (C=O) groups excluding carboxylic acids is 3. The Hall–Kier alpha value is -0.320. The third kappa shape index (κ3) is 5.63. The van der Waals surface area contributed by atoms with Crippen molar-refractivity contribution in [2.24, 2.45) is 23.7 Å². The highest BCUT2D eigenvalue weighted by Crippen LogP contribution is 2.59. The molecular formula is C28H23I4O9S-. The van der Waals surface area contributed by atoms with Gasteiger partial charge in [-0.2, -0.15) is 0 Å². The summed E-state index contributed by atoms with van der Waals surface area (Å²) >= 11 is 8.71. The van der Waals surface area contributed by atoms with Gasteiger partial charge in [0.15, 0.2) is 0 Å². The Bertz CT molecular complexity index is 1600. The number of hydrogen-bond acceptors (Lipinski definition) is 9. The van der Waals surface area contributed by atoms with Crippen LogP contribution in [-0.2, 0) is 29.2 Å². The van der Waals surface area contributed by atoms with E-state index in [1.165, 1.54) is 18.2 Å². The van der Waals surface area contributed by atoms with Gasteiger partial charge in [0.2, 0.25) is 0 Å². The average molecular weight is 1040 g/mol. The van der Waals surface area contributed by atoms with Gasteiger partial charge in [-0.05, 0) is 145 Å². The van der Waals surface area contributed by atoms with E-state index >= 15 is 0 Å². The minimum Gasteiger partial charge on any atom is -0.744 e. The second-order valence-electron chi connectivity index (χ2n) is 11.1. The Morgan fingerprint density at radius 3 is 2.36 bits per heavy atom. The van der Waals surface area contributed by atoms with Crippen molar-refractivity contribution in [2.75, 3.05) is 0 Å². The van der Waals surface area contributed by atoms with Gasteiger partial charge in [-0.25, -0.2) is 13.2 Å². The Morgan fingerprint density at radius 2 is 1.67 bits per heavy atom. The first-order valence-corrected chi connectivity index (χ1v) is 19.1. The number of benzene rings is 2. The molecule has 9 nitrogen and oxygen atoms in total. The van der Waals surface area contributed by atoms with Crippen LogP contribution in [0.3, 0.4) is 0 Å². The lowest BCUT2D eigenvalue weighted by molar-refractivity contribution is -0.149. The molecule has 0 radical (unpaired) electrons. The van der Waals surface area contributed by atoms with Crippen LogP contribution in [0.4, 0.5) is 0 Å². The lowest BCUT2D eigenvalue weighted by atomic mass is 9.78. The van der Waals surface area contributed by atoms with E-state index in [4.69, 9.17) is 14.2 Å². The van der Waals surface area contributed by atoms with Gasteiger partial charge in [-0.1, -0.05) is 19.3 Å². The maximum atomic E-state index is 13.6. The molecule has 3 saturated carbocycles. The Kier molecular flexibility index (Phi) is 9.14. The average Bonchev–Trinajstić information content (AvgIpc) is 3.57. The maximum absolute atomic E-state index is 13.6. The second kappa shape index (κ2) is 12.1. The number of halogens is 4. The molecule has 0 amide bonds. The fourth-order valence-electron chi connectivity index (χ4n) is 7.11. The largest absolute Gasteiger partial charge is 0.744 e. The standard InChI is InChI=1S/C28H24I4O9S/c29-17-10-16(21(30)23(32)22(17)31)26(33)40-24-14-9-15-20(28(35)41-25(15)24)19(14)27(34)39-12-6-7-18(42(36,37)38)13(8-12)11-4-2-1-3-5-11/h6-8,10-11,14-15,19-20,24-25H,1-5,9H2,(H,36,37,38)/p-1. The van der Waals surface area contributed by atoms with Crippen LogP contribution in [-0.4, -0.2) is 43.1 Å². The summed E-state index contributed by atoms with van der Waals surface area (Å²) in [6, 6.07) is 5.75. The van der Waals surface area contributed by atoms with E-state index in [1.807, 2.05) is 0 Å². The SMILES string of the molecule is O=C(OC1C2CC3C1OC(=O)C3C2C(=O)Oc1ccc(S(=O)(=O)[O-])c(C2CCCCC2)c1)c1cc(I)c(I)c(I)c1I. The Labute approximate surface area is 297 Å². The minimum atomic E-state index is -4.72. The molecular weight excluding hydrogens is 1020 g/mol. The molecule has 0 N–H and O–H groups in total. The molecule has 1 saturated heterocycles. The summed E-state index contributed by atoms with van der Waals surface area (Å²) in [6.45, 7) is 0. The van der Waals surface area contributed by atoms with Crippen molar-refractivity contribution in [2.45, 2.75) is 61.5 Å². The molecule has 1 aliphatic heterocycles. The molecule has 6 rings (SSSR count). The van der Waals surface area contributed by atoms with Gasteiger partial charge in [-0.3, -0.25) is 9.59 Å². The number of carbonyl (C=O) groups is 3. The first-order valence-electron chi connectivity index (χ1n) is 13.4. The molecule has 42 heavy (non-hydrogen) atoms. The van der Waals surface area contributed by atoms with Gasteiger partial charge in [0.05, 0.1) is 22.3 Å². The molecule has 4 aliphatic rings. The molecule has 2 aromatic carbocycles. The summed E-state index contributed by atoms with van der Waals surface area (Å²) in [4.78, 5) is 39.6. The van der Waals surface area contributed by atoms with Crippen LogP contribution in [0.1, 0.15) is 60.4 Å². The summed E-state index contributed by atoms with van der Waals surface area (Å²) in [7, 11) is -4.72. The van der Waals surface area contributed by atoms with Gasteiger partial charge in [-0.15, -0.1) is 0 Å². The van der Waals surface area contributed by atoms with Crippen molar-refractivity contribution < 1.29 is 41.6 Å². The van der Waals surface area contributed by atoms with Gasteiger partial charge < -0.3 is 18.8 Å². The van der Waals surface area contributed by atoms with E-state index in [2.05, 4.69) is 90.4 Å². The molecule has 224 valence electrons. The van der Waals surface area contributed by atoms with E-state index in [1.54, 1.807) is 6.07 Å². The van der Waals surface area contributed by atoms with Crippen LogP contribution in [0.25, 0.3) is 0 Å². The van der Waals surface area contributed by atoms with E-state index in [0.717, 1.165) is 46.4 Å². The number of ether oxygens (including phenoxy) is 3. The predicted molar refractivity (Wildman–Crippen MR) is 181 cm³/mol. The van der Waals surface area contributed by atoms with E-state index in [-0.39, 0.29) is 22.5 Å². The summed E-state index contributed by atoms with van der Waals surface area (Å²) in [5.41, 5.74) is 0.780.